The molecule has 0 radical (unpaired) electrons. The number of hydrogen-bond acceptors (Lipinski definition) is 1. The average Bonchev–Trinajstić information content (AvgIpc) is 2.37. The van der Waals surface area contributed by atoms with Gasteiger partial charge in [0, 0.05) is 25.9 Å². The summed E-state index contributed by atoms with van der Waals surface area (Å²) in [6.45, 7) is 5.08. The van der Waals surface area contributed by atoms with Gasteiger partial charge in [-0.3, -0.25) is 4.79 Å². The first-order chi connectivity index (χ1) is 9.34. The number of carbonyl (C=O) groups excluding carboxylic acids is 1. The second-order valence-corrected chi connectivity index (χ2v) is 5.05. The van der Waals surface area contributed by atoms with Crippen molar-refractivity contribution in [1.82, 2.24) is 4.90 Å². The largest absolute Gasteiger partial charge is 0.338 e. The molecule has 108 valence electrons. The summed E-state index contributed by atoms with van der Waals surface area (Å²) in [6.07, 6.45) is 0.750. The number of rotatable bonds is 2. The molecule has 1 fully saturated rings. The van der Waals surface area contributed by atoms with Crippen LogP contribution in [0.25, 0.3) is 6.08 Å². The van der Waals surface area contributed by atoms with E-state index in [-0.39, 0.29) is 31.5 Å². The van der Waals surface area contributed by atoms with Gasteiger partial charge in [0.05, 0.1) is 5.56 Å². The molecule has 2 nitrogen and oxygen atoms in total. The van der Waals surface area contributed by atoms with E-state index in [9.17, 15) is 18.0 Å². The molecule has 2 rings (SSSR count). The number of alkyl halides is 2. The van der Waals surface area contributed by atoms with Crippen LogP contribution in [0, 0.1) is 12.7 Å². The molecule has 1 aliphatic heterocycles. The number of likely N-dealkylation sites (tertiary alicyclic amines) is 1. The van der Waals surface area contributed by atoms with E-state index in [1.807, 2.05) is 0 Å². The number of nitrogens with zero attached hydrogens (tertiary/aromatic N) is 1. The van der Waals surface area contributed by atoms with E-state index >= 15 is 0 Å². The number of carbonyl (C=O) groups is 1. The monoisotopic (exact) mass is 283 g/mol. The van der Waals surface area contributed by atoms with Crippen LogP contribution in [0.2, 0.25) is 0 Å². The van der Waals surface area contributed by atoms with Crippen LogP contribution >= 0.6 is 0 Å². The highest BCUT2D eigenvalue weighted by Gasteiger charge is 2.36. The van der Waals surface area contributed by atoms with Gasteiger partial charge < -0.3 is 4.90 Å². The van der Waals surface area contributed by atoms with Gasteiger partial charge in [0.25, 0.3) is 11.8 Å². The number of piperidine rings is 1. The third-order valence-corrected chi connectivity index (χ3v) is 3.54. The molecular formula is C15H16F3NO. The molecule has 0 saturated carbocycles. The summed E-state index contributed by atoms with van der Waals surface area (Å²) in [7, 11) is 0. The number of benzene rings is 1. The van der Waals surface area contributed by atoms with Crippen LogP contribution in [0.5, 0.6) is 0 Å². The maximum Gasteiger partial charge on any atom is 0.257 e. The lowest BCUT2D eigenvalue weighted by atomic mass is 10.0. The Hall–Kier alpha value is -1.78. The highest BCUT2D eigenvalue weighted by atomic mass is 19.3. The van der Waals surface area contributed by atoms with Crippen LogP contribution < -0.4 is 0 Å². The lowest BCUT2D eigenvalue weighted by molar-refractivity contribution is -0.0494. The Bertz CT molecular complexity index is 521. The molecule has 0 bridgehead atoms. The maximum atomic E-state index is 14.0. The van der Waals surface area contributed by atoms with Crippen molar-refractivity contribution in [3.8, 4) is 0 Å². The molecule has 1 aromatic rings. The van der Waals surface area contributed by atoms with E-state index in [1.165, 1.54) is 17.0 Å². The van der Waals surface area contributed by atoms with E-state index < -0.39 is 17.6 Å². The molecule has 0 spiro atoms. The van der Waals surface area contributed by atoms with Crippen LogP contribution in [0.4, 0.5) is 13.2 Å². The number of hydrogen-bond donors (Lipinski definition) is 0. The Kier molecular flexibility index (Phi) is 3.88. The summed E-state index contributed by atoms with van der Waals surface area (Å²) in [4.78, 5) is 13.6. The first-order valence-corrected chi connectivity index (χ1v) is 6.44. The zero-order chi connectivity index (χ0) is 14.9. The molecule has 0 atom stereocenters. The van der Waals surface area contributed by atoms with Crippen molar-refractivity contribution in [2.75, 3.05) is 13.1 Å². The van der Waals surface area contributed by atoms with Crippen molar-refractivity contribution >= 4 is 12.0 Å². The van der Waals surface area contributed by atoms with Gasteiger partial charge >= 0.3 is 0 Å². The average molecular weight is 283 g/mol. The zero-order valence-electron chi connectivity index (χ0n) is 11.3. The number of amides is 1. The van der Waals surface area contributed by atoms with Gasteiger partial charge in [0.1, 0.15) is 5.82 Å². The Balaban J connectivity index is 2.24. The smallest absolute Gasteiger partial charge is 0.257 e. The van der Waals surface area contributed by atoms with Gasteiger partial charge in [0.15, 0.2) is 0 Å². The van der Waals surface area contributed by atoms with Crippen molar-refractivity contribution < 1.29 is 18.0 Å². The molecule has 5 heteroatoms. The van der Waals surface area contributed by atoms with E-state index in [1.54, 1.807) is 13.0 Å². The topological polar surface area (TPSA) is 20.3 Å². The quantitative estimate of drug-likeness (QED) is 0.811. The summed E-state index contributed by atoms with van der Waals surface area (Å²) < 4.78 is 40.2. The summed E-state index contributed by atoms with van der Waals surface area (Å²) in [5.41, 5.74) is 1.03. The number of halogens is 3. The minimum Gasteiger partial charge on any atom is -0.338 e. The predicted molar refractivity (Wildman–Crippen MR) is 71.3 cm³/mol. The molecule has 1 aromatic carbocycles. The van der Waals surface area contributed by atoms with Crippen molar-refractivity contribution in [2.24, 2.45) is 0 Å². The molecule has 1 aliphatic rings. The van der Waals surface area contributed by atoms with Crippen molar-refractivity contribution in [3.63, 3.8) is 0 Å². The Labute approximate surface area is 115 Å². The molecule has 0 N–H and O–H groups in total. The minimum absolute atomic E-state index is 0.0409. The first kappa shape index (κ1) is 14.6. The lowest BCUT2D eigenvalue weighted by Gasteiger charge is -2.32. The molecule has 1 heterocycles. The van der Waals surface area contributed by atoms with Gasteiger partial charge in [-0.25, -0.2) is 13.2 Å². The SMILES string of the molecule is C=Cc1cc(C)c(C(=O)N2CCC(F)(F)CC2)c(F)c1. The summed E-state index contributed by atoms with van der Waals surface area (Å²) in [5.74, 6) is -3.88. The van der Waals surface area contributed by atoms with Crippen LogP contribution in [0.3, 0.4) is 0 Å². The molecule has 20 heavy (non-hydrogen) atoms. The fraction of sp³-hybridized carbons (Fsp3) is 0.400. The molecule has 1 amide bonds. The minimum atomic E-state index is -2.73. The van der Waals surface area contributed by atoms with E-state index in [4.69, 9.17) is 0 Å². The summed E-state index contributed by atoms with van der Waals surface area (Å²) >= 11 is 0. The van der Waals surface area contributed by atoms with Gasteiger partial charge in [-0.05, 0) is 24.1 Å². The first-order valence-electron chi connectivity index (χ1n) is 6.44. The second kappa shape index (κ2) is 5.31. The molecule has 0 unspecified atom stereocenters. The predicted octanol–water partition coefficient (Wildman–Crippen LogP) is 3.65. The van der Waals surface area contributed by atoms with E-state index in [0.29, 0.717) is 11.1 Å². The third kappa shape index (κ3) is 2.86. The highest BCUT2D eigenvalue weighted by Crippen LogP contribution is 2.29. The Morgan fingerprint density at radius 2 is 1.95 bits per heavy atom. The Morgan fingerprint density at radius 1 is 1.35 bits per heavy atom. The van der Waals surface area contributed by atoms with Crippen LogP contribution in [0.1, 0.15) is 34.3 Å². The molecule has 0 aliphatic carbocycles. The lowest BCUT2D eigenvalue weighted by Crippen LogP contribution is -2.43. The normalized spacial score (nSPS) is 17.9. The Morgan fingerprint density at radius 3 is 2.45 bits per heavy atom. The van der Waals surface area contributed by atoms with Crippen molar-refractivity contribution in [1.29, 1.82) is 0 Å². The highest BCUT2D eigenvalue weighted by molar-refractivity contribution is 5.96. The zero-order valence-corrected chi connectivity index (χ0v) is 11.3. The second-order valence-electron chi connectivity index (χ2n) is 5.05. The molecule has 1 saturated heterocycles. The van der Waals surface area contributed by atoms with Crippen LogP contribution in [0.15, 0.2) is 18.7 Å². The van der Waals surface area contributed by atoms with E-state index in [2.05, 4.69) is 6.58 Å². The number of aryl methyl sites for hydroxylation is 1. The van der Waals surface area contributed by atoms with Gasteiger partial charge in [-0.15, -0.1) is 0 Å². The van der Waals surface area contributed by atoms with E-state index in [0.717, 1.165) is 0 Å². The summed E-state index contributed by atoms with van der Waals surface area (Å²) in [5, 5.41) is 0. The molecular weight excluding hydrogens is 267 g/mol. The van der Waals surface area contributed by atoms with Gasteiger partial charge in [-0.2, -0.15) is 0 Å². The maximum absolute atomic E-state index is 14.0. The van der Waals surface area contributed by atoms with Crippen molar-refractivity contribution in [2.45, 2.75) is 25.7 Å². The van der Waals surface area contributed by atoms with Gasteiger partial charge in [-0.1, -0.05) is 18.7 Å². The fourth-order valence-electron chi connectivity index (χ4n) is 2.35. The standard InChI is InChI=1S/C15H16F3NO/c1-3-11-8-10(2)13(12(16)9-11)14(20)19-6-4-15(17,18)5-7-19/h3,8-9H,1,4-7H2,2H3. The van der Waals surface area contributed by atoms with Crippen LogP contribution in [-0.4, -0.2) is 29.8 Å². The molecule has 0 aromatic heterocycles. The summed E-state index contributed by atoms with van der Waals surface area (Å²) in [6, 6.07) is 2.88. The van der Waals surface area contributed by atoms with Crippen molar-refractivity contribution in [3.05, 3.63) is 41.2 Å². The van der Waals surface area contributed by atoms with Crippen LogP contribution in [-0.2, 0) is 0 Å². The fourth-order valence-corrected chi connectivity index (χ4v) is 2.35. The third-order valence-electron chi connectivity index (χ3n) is 3.54. The van der Waals surface area contributed by atoms with Gasteiger partial charge in [0.2, 0.25) is 0 Å².